The summed E-state index contributed by atoms with van der Waals surface area (Å²) in [6.45, 7) is -0.390. The SMILES string of the molecule is COC(=O)COc1noc2cc(F)c(-n3c(O)c4c(c3O)CCCC4)cc12. The molecule has 2 heterocycles. The first-order chi connectivity index (χ1) is 13.0. The number of hydrogen-bond acceptors (Lipinski definition) is 7. The molecule has 1 aliphatic carbocycles. The Morgan fingerprint density at radius 2 is 1.93 bits per heavy atom. The van der Waals surface area contributed by atoms with Gasteiger partial charge in [0.1, 0.15) is 0 Å². The van der Waals surface area contributed by atoms with Gasteiger partial charge in [-0.15, -0.1) is 0 Å². The zero-order chi connectivity index (χ0) is 19.1. The van der Waals surface area contributed by atoms with Crippen molar-refractivity contribution in [1.29, 1.82) is 0 Å². The van der Waals surface area contributed by atoms with Crippen LogP contribution < -0.4 is 4.74 Å². The van der Waals surface area contributed by atoms with Crippen molar-refractivity contribution in [3.05, 3.63) is 29.1 Å². The Morgan fingerprint density at radius 3 is 2.56 bits per heavy atom. The molecule has 2 aromatic heterocycles. The number of hydrogen-bond donors (Lipinski definition) is 2. The quantitative estimate of drug-likeness (QED) is 0.674. The van der Waals surface area contributed by atoms with Gasteiger partial charge < -0.3 is 24.2 Å². The van der Waals surface area contributed by atoms with E-state index in [0.717, 1.165) is 23.5 Å². The van der Waals surface area contributed by atoms with Gasteiger partial charge in [-0.25, -0.2) is 13.8 Å². The third kappa shape index (κ3) is 2.75. The zero-order valence-electron chi connectivity index (χ0n) is 14.5. The molecule has 8 nitrogen and oxygen atoms in total. The molecule has 4 rings (SSSR count). The van der Waals surface area contributed by atoms with E-state index >= 15 is 0 Å². The number of carbonyl (C=O) groups is 1. The topological polar surface area (TPSA) is 107 Å². The summed E-state index contributed by atoms with van der Waals surface area (Å²) in [5.74, 6) is -1.71. The van der Waals surface area contributed by atoms with Crippen molar-refractivity contribution in [3.8, 4) is 23.3 Å². The van der Waals surface area contributed by atoms with E-state index < -0.39 is 11.8 Å². The summed E-state index contributed by atoms with van der Waals surface area (Å²) in [4.78, 5) is 11.3. The Morgan fingerprint density at radius 1 is 1.26 bits per heavy atom. The molecule has 0 radical (unpaired) electrons. The van der Waals surface area contributed by atoms with Crippen molar-refractivity contribution >= 4 is 16.9 Å². The Labute approximate surface area is 152 Å². The minimum absolute atomic E-state index is 0.0208. The van der Waals surface area contributed by atoms with Crippen LogP contribution in [0.1, 0.15) is 24.0 Å². The van der Waals surface area contributed by atoms with Crippen LogP contribution in [0.25, 0.3) is 16.7 Å². The third-order valence-electron chi connectivity index (χ3n) is 4.73. The summed E-state index contributed by atoms with van der Waals surface area (Å²) in [6, 6.07) is 2.43. The fourth-order valence-electron chi connectivity index (χ4n) is 3.38. The molecule has 0 bridgehead atoms. The summed E-state index contributed by atoms with van der Waals surface area (Å²) in [6.07, 6.45) is 3.02. The fraction of sp³-hybridized carbons (Fsp3) is 0.333. The standard InChI is InChI=1S/C18H17FN2O6/c1-25-15(22)8-26-16-11-6-13(12(19)7-14(11)27-20-16)21-17(23)9-4-2-3-5-10(9)18(21)24/h6-7,23-24H,2-5,8H2,1H3. The summed E-state index contributed by atoms with van der Waals surface area (Å²) in [7, 11) is 1.22. The summed E-state index contributed by atoms with van der Waals surface area (Å²) < 4.78 is 30.5. The third-order valence-corrected chi connectivity index (χ3v) is 4.73. The average molecular weight is 376 g/mol. The van der Waals surface area contributed by atoms with E-state index in [1.807, 2.05) is 0 Å². The highest BCUT2D eigenvalue weighted by atomic mass is 19.1. The van der Waals surface area contributed by atoms with Gasteiger partial charge in [0, 0.05) is 17.2 Å². The van der Waals surface area contributed by atoms with Crippen LogP contribution in [0.5, 0.6) is 17.6 Å². The fourth-order valence-corrected chi connectivity index (χ4v) is 3.38. The monoisotopic (exact) mass is 376 g/mol. The molecule has 0 amide bonds. The molecule has 0 unspecified atom stereocenters. The second-order valence-corrected chi connectivity index (χ2v) is 6.30. The molecule has 27 heavy (non-hydrogen) atoms. The number of fused-ring (bicyclic) bond motifs is 2. The lowest BCUT2D eigenvalue weighted by molar-refractivity contribution is -0.143. The van der Waals surface area contributed by atoms with E-state index in [9.17, 15) is 19.4 Å². The second kappa shape index (κ2) is 6.49. The summed E-state index contributed by atoms with van der Waals surface area (Å²) >= 11 is 0. The van der Waals surface area contributed by atoms with Crippen LogP contribution in [-0.4, -0.2) is 39.6 Å². The van der Waals surface area contributed by atoms with Crippen molar-refractivity contribution in [2.75, 3.05) is 13.7 Å². The average Bonchev–Trinajstić information content (AvgIpc) is 3.18. The number of esters is 1. The van der Waals surface area contributed by atoms with Crippen molar-refractivity contribution in [2.24, 2.45) is 0 Å². The number of rotatable bonds is 4. The molecule has 9 heteroatoms. The highest BCUT2D eigenvalue weighted by molar-refractivity contribution is 5.85. The van der Waals surface area contributed by atoms with Gasteiger partial charge in [0.2, 0.25) is 11.8 Å². The van der Waals surface area contributed by atoms with Crippen molar-refractivity contribution in [1.82, 2.24) is 9.72 Å². The number of carbonyl (C=O) groups excluding carboxylic acids is 1. The Hall–Kier alpha value is -3.23. The molecule has 0 aliphatic heterocycles. The van der Waals surface area contributed by atoms with Crippen LogP contribution in [0.4, 0.5) is 4.39 Å². The number of methoxy groups -OCH3 is 1. The van der Waals surface area contributed by atoms with Crippen LogP contribution in [-0.2, 0) is 22.4 Å². The number of benzene rings is 1. The normalized spacial score (nSPS) is 13.6. The summed E-state index contributed by atoms with van der Waals surface area (Å²) in [5.41, 5.74) is 1.29. The van der Waals surface area contributed by atoms with Gasteiger partial charge in [-0.3, -0.25) is 0 Å². The van der Waals surface area contributed by atoms with Crippen LogP contribution in [0.2, 0.25) is 0 Å². The van der Waals surface area contributed by atoms with Crippen LogP contribution in [0, 0.1) is 5.82 Å². The van der Waals surface area contributed by atoms with E-state index in [1.165, 1.54) is 13.2 Å². The van der Waals surface area contributed by atoms with E-state index in [4.69, 9.17) is 9.26 Å². The van der Waals surface area contributed by atoms with Gasteiger partial charge in [-0.1, -0.05) is 0 Å². The molecule has 0 saturated carbocycles. The summed E-state index contributed by atoms with van der Waals surface area (Å²) in [5, 5.41) is 25.1. The smallest absolute Gasteiger partial charge is 0.343 e. The lowest BCUT2D eigenvalue weighted by Crippen LogP contribution is -2.12. The van der Waals surface area contributed by atoms with Gasteiger partial charge in [0.15, 0.2) is 18.0 Å². The maximum atomic E-state index is 14.7. The lowest BCUT2D eigenvalue weighted by atomic mass is 9.95. The zero-order valence-corrected chi connectivity index (χ0v) is 14.5. The van der Waals surface area contributed by atoms with Crippen LogP contribution >= 0.6 is 0 Å². The molecule has 0 spiro atoms. The predicted octanol–water partition coefficient (Wildman–Crippen LogP) is 2.60. The number of nitrogens with zero attached hydrogens (tertiary/aromatic N) is 2. The molecule has 0 atom stereocenters. The van der Waals surface area contributed by atoms with Gasteiger partial charge in [0.05, 0.1) is 18.2 Å². The number of halogens is 1. The van der Waals surface area contributed by atoms with Crippen LogP contribution in [0.15, 0.2) is 16.7 Å². The van der Waals surface area contributed by atoms with Crippen molar-refractivity contribution in [3.63, 3.8) is 0 Å². The van der Waals surface area contributed by atoms with Gasteiger partial charge in [-0.2, -0.15) is 0 Å². The van der Waals surface area contributed by atoms with E-state index in [2.05, 4.69) is 9.89 Å². The van der Waals surface area contributed by atoms with E-state index in [-0.39, 0.29) is 35.5 Å². The first-order valence-electron chi connectivity index (χ1n) is 8.44. The highest BCUT2D eigenvalue weighted by Crippen LogP contribution is 2.42. The van der Waals surface area contributed by atoms with Crippen molar-refractivity contribution < 1.29 is 33.4 Å². The minimum Gasteiger partial charge on any atom is -0.494 e. The largest absolute Gasteiger partial charge is 0.494 e. The Balaban J connectivity index is 1.82. The number of ether oxygens (including phenoxy) is 2. The predicted molar refractivity (Wildman–Crippen MR) is 90.8 cm³/mol. The second-order valence-electron chi connectivity index (χ2n) is 6.30. The van der Waals surface area contributed by atoms with Gasteiger partial charge in [-0.05, 0) is 36.9 Å². The molecule has 1 aliphatic rings. The maximum absolute atomic E-state index is 14.7. The number of aromatic hydroxyl groups is 2. The molecule has 0 saturated heterocycles. The van der Waals surface area contributed by atoms with Crippen molar-refractivity contribution in [2.45, 2.75) is 25.7 Å². The first-order valence-corrected chi connectivity index (χ1v) is 8.44. The minimum atomic E-state index is -0.712. The molecular weight excluding hydrogens is 359 g/mol. The Bertz CT molecular complexity index is 1010. The lowest BCUT2D eigenvalue weighted by Gasteiger charge is -2.09. The number of aromatic nitrogens is 2. The first kappa shape index (κ1) is 17.2. The Kier molecular flexibility index (Phi) is 4.14. The maximum Gasteiger partial charge on any atom is 0.343 e. The molecule has 2 N–H and O–H groups in total. The molecule has 3 aromatic rings. The molecule has 0 fully saturated rings. The van der Waals surface area contributed by atoms with E-state index in [0.29, 0.717) is 29.4 Å². The van der Waals surface area contributed by atoms with Gasteiger partial charge >= 0.3 is 5.97 Å². The van der Waals surface area contributed by atoms with E-state index in [1.54, 1.807) is 0 Å². The molecule has 1 aromatic carbocycles. The highest BCUT2D eigenvalue weighted by Gasteiger charge is 2.27. The molecule has 142 valence electrons. The molecular formula is C18H17FN2O6. The van der Waals surface area contributed by atoms with Crippen LogP contribution in [0.3, 0.4) is 0 Å². The van der Waals surface area contributed by atoms with Gasteiger partial charge in [0.25, 0.3) is 5.88 Å².